The van der Waals surface area contributed by atoms with E-state index in [2.05, 4.69) is 15.3 Å². The van der Waals surface area contributed by atoms with Gasteiger partial charge in [0.25, 0.3) is 5.56 Å². The number of hydrogen-bond acceptors (Lipinski definition) is 7. The van der Waals surface area contributed by atoms with Gasteiger partial charge >= 0.3 is 5.97 Å². The summed E-state index contributed by atoms with van der Waals surface area (Å²) in [4.78, 5) is 33.4. The number of benzene rings is 2. The summed E-state index contributed by atoms with van der Waals surface area (Å²) in [6.45, 7) is 1.78. The molecule has 0 fully saturated rings. The minimum absolute atomic E-state index is 0.298. The molecule has 1 aliphatic heterocycles. The first-order valence-electron chi connectivity index (χ1n) is 10.0. The smallest absolute Gasteiger partial charge is 0.336 e. The molecule has 1 aliphatic rings. The highest BCUT2D eigenvalue weighted by Gasteiger charge is 2.36. The summed E-state index contributed by atoms with van der Waals surface area (Å²) in [6, 6.07) is 17.2. The predicted molar refractivity (Wildman–Crippen MR) is 124 cm³/mol. The van der Waals surface area contributed by atoms with Gasteiger partial charge in [0.1, 0.15) is 11.6 Å². The van der Waals surface area contributed by atoms with E-state index in [0.29, 0.717) is 39.3 Å². The van der Waals surface area contributed by atoms with Crippen molar-refractivity contribution in [3.8, 4) is 5.75 Å². The van der Waals surface area contributed by atoms with Gasteiger partial charge in [0.2, 0.25) is 0 Å². The standard InChI is InChI=1S/C24H23N3O4S/c1-14-18(23(29)31-3)19(16-9-11-17(30-2)12-10-16)20-21(25-14)26-24(27-22(20)28)32-13-15-7-5-4-6-8-15/h4-12,19H,13H2,1-3H3,(H2,25,26,27,28). The Kier molecular flexibility index (Phi) is 6.32. The van der Waals surface area contributed by atoms with Crippen molar-refractivity contribution in [2.45, 2.75) is 23.8 Å². The molecule has 4 rings (SSSR count). The predicted octanol–water partition coefficient (Wildman–Crippen LogP) is 4.08. The molecule has 1 atom stereocenters. The lowest BCUT2D eigenvalue weighted by Crippen LogP contribution is -2.31. The number of anilines is 1. The minimum atomic E-state index is -0.617. The van der Waals surface area contributed by atoms with Crippen LogP contribution in [0.2, 0.25) is 0 Å². The molecule has 2 N–H and O–H groups in total. The molecule has 3 aromatic rings. The second-order valence-electron chi connectivity index (χ2n) is 7.27. The largest absolute Gasteiger partial charge is 0.497 e. The maximum atomic E-state index is 13.2. The average Bonchev–Trinajstić information content (AvgIpc) is 2.82. The molecule has 0 amide bonds. The molecule has 0 saturated heterocycles. The van der Waals surface area contributed by atoms with Gasteiger partial charge in [-0.15, -0.1) is 0 Å². The lowest BCUT2D eigenvalue weighted by Gasteiger charge is -2.28. The van der Waals surface area contributed by atoms with Crippen molar-refractivity contribution < 1.29 is 14.3 Å². The number of hydrogen-bond donors (Lipinski definition) is 2. The van der Waals surface area contributed by atoms with Crippen molar-refractivity contribution in [2.24, 2.45) is 0 Å². The number of nitrogens with zero attached hydrogens (tertiary/aromatic N) is 1. The Balaban J connectivity index is 1.76. The Morgan fingerprint density at radius 3 is 2.47 bits per heavy atom. The number of H-pyrrole nitrogens is 1. The van der Waals surface area contributed by atoms with Crippen LogP contribution in [0.25, 0.3) is 0 Å². The number of allylic oxidation sites excluding steroid dienone is 1. The number of ether oxygens (including phenoxy) is 2. The fraction of sp³-hybridized carbons (Fsp3) is 0.208. The number of fused-ring (bicyclic) bond motifs is 1. The summed E-state index contributed by atoms with van der Waals surface area (Å²) in [5.74, 6) is 0.683. The van der Waals surface area contributed by atoms with Gasteiger partial charge in [0.05, 0.1) is 31.3 Å². The highest BCUT2D eigenvalue weighted by atomic mass is 32.2. The molecular formula is C24H23N3O4S. The Morgan fingerprint density at radius 2 is 1.81 bits per heavy atom. The molecule has 8 heteroatoms. The third-order valence-electron chi connectivity index (χ3n) is 5.29. The first kappa shape index (κ1) is 21.7. The molecule has 1 unspecified atom stereocenters. The van der Waals surface area contributed by atoms with Crippen molar-refractivity contribution in [3.05, 3.63) is 92.9 Å². The van der Waals surface area contributed by atoms with Crippen LogP contribution in [0.4, 0.5) is 5.82 Å². The molecule has 0 radical (unpaired) electrons. The van der Waals surface area contributed by atoms with Gasteiger partial charge in [0.15, 0.2) is 5.16 Å². The molecule has 7 nitrogen and oxygen atoms in total. The summed E-state index contributed by atoms with van der Waals surface area (Å²) in [7, 11) is 2.91. The monoisotopic (exact) mass is 449 g/mol. The summed E-state index contributed by atoms with van der Waals surface area (Å²) in [6.07, 6.45) is 0. The van der Waals surface area contributed by atoms with E-state index in [-0.39, 0.29) is 5.56 Å². The van der Waals surface area contributed by atoms with Gasteiger partial charge < -0.3 is 19.8 Å². The number of aromatic amines is 1. The van der Waals surface area contributed by atoms with Crippen molar-refractivity contribution in [1.82, 2.24) is 9.97 Å². The fourth-order valence-corrected chi connectivity index (χ4v) is 4.55. The second kappa shape index (κ2) is 9.32. The molecular weight excluding hydrogens is 426 g/mol. The maximum absolute atomic E-state index is 13.2. The Bertz CT molecular complexity index is 1220. The maximum Gasteiger partial charge on any atom is 0.336 e. The summed E-state index contributed by atoms with van der Waals surface area (Å²) in [5.41, 5.74) is 2.96. The number of carbonyl (C=O) groups excluding carboxylic acids is 1. The van der Waals surface area contributed by atoms with Crippen LogP contribution in [0, 0.1) is 0 Å². The molecule has 2 aromatic carbocycles. The van der Waals surface area contributed by atoms with E-state index in [1.54, 1.807) is 26.2 Å². The Labute approximate surface area is 189 Å². The third-order valence-corrected chi connectivity index (χ3v) is 6.24. The topological polar surface area (TPSA) is 93.3 Å². The van der Waals surface area contributed by atoms with Crippen LogP contribution in [-0.2, 0) is 15.3 Å². The van der Waals surface area contributed by atoms with Crippen LogP contribution in [0.5, 0.6) is 5.75 Å². The van der Waals surface area contributed by atoms with Gasteiger partial charge in [-0.25, -0.2) is 9.78 Å². The Morgan fingerprint density at radius 1 is 1.09 bits per heavy atom. The number of aromatic nitrogens is 2. The second-order valence-corrected chi connectivity index (χ2v) is 8.23. The van der Waals surface area contributed by atoms with Crippen molar-refractivity contribution in [2.75, 3.05) is 19.5 Å². The van der Waals surface area contributed by atoms with Crippen molar-refractivity contribution in [1.29, 1.82) is 0 Å². The summed E-state index contributed by atoms with van der Waals surface area (Å²) < 4.78 is 10.3. The van der Waals surface area contributed by atoms with Gasteiger partial charge in [-0.2, -0.15) is 0 Å². The third kappa shape index (κ3) is 4.27. The molecule has 1 aromatic heterocycles. The number of carbonyl (C=O) groups is 1. The van der Waals surface area contributed by atoms with E-state index in [1.165, 1.54) is 18.9 Å². The molecule has 0 aliphatic carbocycles. The number of esters is 1. The van der Waals surface area contributed by atoms with Gasteiger partial charge in [0, 0.05) is 11.4 Å². The van der Waals surface area contributed by atoms with Crippen LogP contribution in [0.15, 0.2) is 75.8 Å². The van der Waals surface area contributed by atoms with E-state index >= 15 is 0 Å². The summed E-state index contributed by atoms with van der Waals surface area (Å²) >= 11 is 1.44. The van der Waals surface area contributed by atoms with Gasteiger partial charge in [-0.05, 0) is 30.2 Å². The first-order valence-corrected chi connectivity index (χ1v) is 11.0. The van der Waals surface area contributed by atoms with Crippen LogP contribution < -0.4 is 15.6 Å². The number of methoxy groups -OCH3 is 2. The van der Waals surface area contributed by atoms with Crippen molar-refractivity contribution in [3.63, 3.8) is 0 Å². The lowest BCUT2D eigenvalue weighted by molar-refractivity contribution is -0.136. The van der Waals surface area contributed by atoms with E-state index < -0.39 is 11.9 Å². The van der Waals surface area contributed by atoms with E-state index in [9.17, 15) is 9.59 Å². The zero-order valence-electron chi connectivity index (χ0n) is 18.0. The van der Waals surface area contributed by atoms with Crippen LogP contribution in [0.1, 0.15) is 29.5 Å². The van der Waals surface area contributed by atoms with E-state index in [4.69, 9.17) is 9.47 Å². The first-order chi connectivity index (χ1) is 15.5. The van der Waals surface area contributed by atoms with Crippen LogP contribution in [0.3, 0.4) is 0 Å². The molecule has 0 bridgehead atoms. The SMILES string of the molecule is COC(=O)C1=C(C)Nc2nc(SCc3ccccc3)[nH]c(=O)c2C1c1ccc(OC)cc1. The van der Waals surface area contributed by atoms with Crippen LogP contribution in [-0.4, -0.2) is 30.2 Å². The molecule has 0 spiro atoms. The van der Waals surface area contributed by atoms with Gasteiger partial charge in [-0.3, -0.25) is 4.79 Å². The fourth-order valence-electron chi connectivity index (χ4n) is 3.74. The Hall–Kier alpha value is -3.52. The number of nitrogens with one attached hydrogen (secondary N) is 2. The average molecular weight is 450 g/mol. The van der Waals surface area contributed by atoms with Crippen LogP contribution >= 0.6 is 11.8 Å². The zero-order chi connectivity index (χ0) is 22.7. The molecule has 164 valence electrons. The summed E-state index contributed by atoms with van der Waals surface area (Å²) in [5, 5.41) is 3.64. The van der Waals surface area contributed by atoms with E-state index in [1.807, 2.05) is 42.5 Å². The number of rotatable bonds is 6. The van der Waals surface area contributed by atoms with Crippen molar-refractivity contribution >= 4 is 23.5 Å². The normalized spacial score (nSPS) is 15.0. The van der Waals surface area contributed by atoms with E-state index in [0.717, 1.165) is 11.1 Å². The van der Waals surface area contributed by atoms with Gasteiger partial charge in [-0.1, -0.05) is 54.2 Å². The minimum Gasteiger partial charge on any atom is -0.497 e. The quantitative estimate of drug-likeness (QED) is 0.333. The molecule has 2 heterocycles. The highest BCUT2D eigenvalue weighted by molar-refractivity contribution is 7.98. The lowest BCUT2D eigenvalue weighted by atomic mass is 9.82. The molecule has 32 heavy (non-hydrogen) atoms. The molecule has 0 saturated carbocycles. The highest BCUT2D eigenvalue weighted by Crippen LogP contribution is 2.40. The zero-order valence-corrected chi connectivity index (χ0v) is 18.8. The number of thioether (sulfide) groups is 1.